The molecule has 7 heteroatoms. The van der Waals surface area contributed by atoms with E-state index in [2.05, 4.69) is 15.3 Å². The zero-order valence-corrected chi connectivity index (χ0v) is 14.7. The molecule has 1 aromatic heterocycles. The topological polar surface area (TPSA) is 124 Å². The molecule has 2 unspecified atom stereocenters. The summed E-state index contributed by atoms with van der Waals surface area (Å²) in [6.07, 6.45) is 5.35. The Hall–Kier alpha value is -2.80. The second kappa shape index (κ2) is 7.61. The summed E-state index contributed by atoms with van der Waals surface area (Å²) in [5, 5.41) is 3.20. The Labute approximate surface area is 152 Å². The average Bonchev–Trinajstić information content (AvgIpc) is 2.63. The molecule has 1 heterocycles. The van der Waals surface area contributed by atoms with Crippen molar-refractivity contribution in [1.29, 1.82) is 0 Å². The summed E-state index contributed by atoms with van der Waals surface area (Å²) in [5.41, 5.74) is 13.0. The highest BCUT2D eigenvalue weighted by atomic mass is 16.1. The number of aromatic nitrogens is 2. The third kappa shape index (κ3) is 3.88. The monoisotopic (exact) mass is 353 g/mol. The van der Waals surface area contributed by atoms with Crippen molar-refractivity contribution >= 4 is 17.6 Å². The highest BCUT2D eigenvalue weighted by molar-refractivity contribution is 6.13. The molecule has 1 aromatic carbocycles. The van der Waals surface area contributed by atoms with Gasteiger partial charge in [0.15, 0.2) is 0 Å². The number of ketones is 1. The quantitative estimate of drug-likeness (QED) is 0.704. The molecule has 1 fully saturated rings. The van der Waals surface area contributed by atoms with Crippen molar-refractivity contribution in [2.24, 2.45) is 11.5 Å². The zero-order chi connectivity index (χ0) is 18.7. The van der Waals surface area contributed by atoms with Crippen molar-refractivity contribution in [2.75, 3.05) is 5.32 Å². The van der Waals surface area contributed by atoms with Crippen LogP contribution in [0.2, 0.25) is 0 Å². The van der Waals surface area contributed by atoms with Gasteiger partial charge >= 0.3 is 0 Å². The van der Waals surface area contributed by atoms with Gasteiger partial charge in [-0.25, -0.2) is 9.97 Å². The number of hydrogen-bond acceptors (Lipinski definition) is 6. The Balaban J connectivity index is 1.94. The van der Waals surface area contributed by atoms with Crippen LogP contribution in [0, 0.1) is 6.92 Å². The molecule has 0 spiro atoms. The highest BCUT2D eigenvalue weighted by Crippen LogP contribution is 2.21. The van der Waals surface area contributed by atoms with Gasteiger partial charge in [-0.2, -0.15) is 0 Å². The predicted molar refractivity (Wildman–Crippen MR) is 99.0 cm³/mol. The zero-order valence-electron chi connectivity index (χ0n) is 14.7. The SMILES string of the molecule is Cc1cccc(C(=O)c2nc(NC3CCCCC3N)ncc2C(N)=O)c1. The first kappa shape index (κ1) is 18.0. The van der Waals surface area contributed by atoms with E-state index in [1.165, 1.54) is 6.20 Å². The third-order valence-corrected chi connectivity index (χ3v) is 4.68. The molecular formula is C19H23N5O2. The summed E-state index contributed by atoms with van der Waals surface area (Å²) in [5.74, 6) is -0.809. The van der Waals surface area contributed by atoms with E-state index in [-0.39, 0.29) is 35.1 Å². The lowest BCUT2D eigenvalue weighted by Crippen LogP contribution is -2.43. The van der Waals surface area contributed by atoms with E-state index in [9.17, 15) is 9.59 Å². The molecule has 3 rings (SSSR count). The molecule has 1 aliphatic carbocycles. The van der Waals surface area contributed by atoms with Gasteiger partial charge in [0.1, 0.15) is 5.69 Å². The first-order chi connectivity index (χ1) is 12.5. The van der Waals surface area contributed by atoms with Crippen LogP contribution in [0.25, 0.3) is 0 Å². The van der Waals surface area contributed by atoms with Gasteiger partial charge in [0.25, 0.3) is 5.91 Å². The molecule has 136 valence electrons. The fourth-order valence-electron chi connectivity index (χ4n) is 3.23. The van der Waals surface area contributed by atoms with Gasteiger partial charge in [-0.05, 0) is 25.8 Å². The largest absolute Gasteiger partial charge is 0.365 e. The molecular weight excluding hydrogens is 330 g/mol. The summed E-state index contributed by atoms with van der Waals surface area (Å²) in [4.78, 5) is 33.1. The molecule has 1 amide bonds. The second-order valence-electron chi connectivity index (χ2n) is 6.72. The van der Waals surface area contributed by atoms with Gasteiger partial charge in [-0.3, -0.25) is 9.59 Å². The van der Waals surface area contributed by atoms with Crippen LogP contribution in [0.3, 0.4) is 0 Å². The Bertz CT molecular complexity index is 836. The summed E-state index contributed by atoms with van der Waals surface area (Å²) in [6.45, 7) is 1.89. The van der Waals surface area contributed by atoms with Crippen molar-refractivity contribution in [3.8, 4) is 0 Å². The van der Waals surface area contributed by atoms with Crippen molar-refractivity contribution < 1.29 is 9.59 Å². The standard InChI is InChI=1S/C19H23N5O2/c1-11-5-4-6-12(9-11)17(25)16-13(18(21)26)10-22-19(24-16)23-15-8-3-2-7-14(15)20/h4-6,9-10,14-15H,2-3,7-8,20H2,1H3,(H2,21,26)(H,22,23,24). The van der Waals surface area contributed by atoms with Crippen molar-refractivity contribution in [1.82, 2.24) is 9.97 Å². The fourth-order valence-corrected chi connectivity index (χ4v) is 3.23. The second-order valence-corrected chi connectivity index (χ2v) is 6.72. The van der Waals surface area contributed by atoms with E-state index in [4.69, 9.17) is 11.5 Å². The van der Waals surface area contributed by atoms with Crippen LogP contribution in [0.4, 0.5) is 5.95 Å². The number of hydrogen-bond donors (Lipinski definition) is 3. The maximum atomic E-state index is 12.9. The van der Waals surface area contributed by atoms with Crippen LogP contribution in [0.1, 0.15) is 57.7 Å². The molecule has 0 radical (unpaired) electrons. The highest BCUT2D eigenvalue weighted by Gasteiger charge is 2.24. The molecule has 0 saturated heterocycles. The van der Waals surface area contributed by atoms with Crippen molar-refractivity contribution in [2.45, 2.75) is 44.7 Å². The fraction of sp³-hybridized carbons (Fsp3) is 0.368. The molecule has 26 heavy (non-hydrogen) atoms. The molecule has 0 aliphatic heterocycles. The number of carbonyl (C=O) groups excluding carboxylic acids is 2. The minimum absolute atomic E-state index is 0.00461. The lowest BCUT2D eigenvalue weighted by molar-refractivity contribution is 0.0978. The maximum absolute atomic E-state index is 12.9. The first-order valence-electron chi connectivity index (χ1n) is 8.76. The first-order valence-corrected chi connectivity index (χ1v) is 8.76. The van der Waals surface area contributed by atoms with Crippen molar-refractivity contribution in [3.05, 3.63) is 52.8 Å². The Kier molecular flexibility index (Phi) is 5.27. The minimum atomic E-state index is -0.734. The van der Waals surface area contributed by atoms with E-state index >= 15 is 0 Å². The van der Waals surface area contributed by atoms with Gasteiger partial charge in [0.2, 0.25) is 11.7 Å². The maximum Gasteiger partial charge on any atom is 0.252 e. The summed E-state index contributed by atoms with van der Waals surface area (Å²) in [7, 11) is 0. The molecule has 1 aliphatic rings. The molecule has 2 aromatic rings. The molecule has 0 bridgehead atoms. The van der Waals surface area contributed by atoms with Crippen LogP contribution < -0.4 is 16.8 Å². The average molecular weight is 353 g/mol. The normalized spacial score (nSPS) is 19.8. The van der Waals surface area contributed by atoms with Gasteiger partial charge in [-0.15, -0.1) is 0 Å². The number of anilines is 1. The van der Waals surface area contributed by atoms with Crippen LogP contribution in [-0.2, 0) is 0 Å². The van der Waals surface area contributed by atoms with E-state index in [1.54, 1.807) is 18.2 Å². The van der Waals surface area contributed by atoms with Crippen molar-refractivity contribution in [3.63, 3.8) is 0 Å². The lowest BCUT2D eigenvalue weighted by Gasteiger charge is -2.29. The molecule has 2 atom stereocenters. The summed E-state index contributed by atoms with van der Waals surface area (Å²) in [6, 6.07) is 7.17. The number of aryl methyl sites for hydroxylation is 1. The molecule has 7 nitrogen and oxygen atoms in total. The number of carbonyl (C=O) groups is 2. The number of rotatable bonds is 5. The molecule has 5 N–H and O–H groups in total. The number of nitrogens with two attached hydrogens (primary N) is 2. The smallest absolute Gasteiger partial charge is 0.252 e. The summed E-state index contributed by atoms with van der Waals surface area (Å²) < 4.78 is 0. The Morgan fingerprint density at radius 1 is 1.23 bits per heavy atom. The van der Waals surface area contributed by atoms with Crippen LogP contribution in [0.5, 0.6) is 0 Å². The van der Waals surface area contributed by atoms with Gasteiger partial charge in [-0.1, -0.05) is 36.6 Å². The van der Waals surface area contributed by atoms with E-state index in [0.717, 1.165) is 31.2 Å². The number of nitrogens with one attached hydrogen (secondary N) is 1. The van der Waals surface area contributed by atoms with E-state index < -0.39 is 5.91 Å². The lowest BCUT2D eigenvalue weighted by atomic mass is 9.91. The van der Waals surface area contributed by atoms with E-state index in [1.807, 2.05) is 13.0 Å². The number of primary amides is 1. The van der Waals surface area contributed by atoms with Gasteiger partial charge in [0, 0.05) is 23.8 Å². The van der Waals surface area contributed by atoms with E-state index in [0.29, 0.717) is 5.56 Å². The van der Waals surface area contributed by atoms with Gasteiger partial charge < -0.3 is 16.8 Å². The summed E-state index contributed by atoms with van der Waals surface area (Å²) >= 11 is 0. The minimum Gasteiger partial charge on any atom is -0.365 e. The molecule has 1 saturated carbocycles. The number of amides is 1. The third-order valence-electron chi connectivity index (χ3n) is 4.68. The van der Waals surface area contributed by atoms with Crippen LogP contribution in [0.15, 0.2) is 30.5 Å². The number of benzene rings is 1. The van der Waals surface area contributed by atoms with Crippen LogP contribution >= 0.6 is 0 Å². The van der Waals surface area contributed by atoms with Gasteiger partial charge in [0.05, 0.1) is 5.56 Å². The predicted octanol–water partition coefficient (Wildman–Crippen LogP) is 1.80. The Morgan fingerprint density at radius 3 is 2.69 bits per heavy atom. The van der Waals surface area contributed by atoms with Crippen LogP contribution in [-0.4, -0.2) is 33.7 Å². The number of nitrogens with zero attached hydrogens (tertiary/aromatic N) is 2. The Morgan fingerprint density at radius 2 is 2.00 bits per heavy atom.